The summed E-state index contributed by atoms with van der Waals surface area (Å²) in [5.41, 5.74) is 0.369. The number of aromatic amines is 1. The van der Waals surface area contributed by atoms with Gasteiger partial charge in [-0.05, 0) is 31.0 Å². The van der Waals surface area contributed by atoms with Gasteiger partial charge in [-0.3, -0.25) is 14.9 Å². The van der Waals surface area contributed by atoms with E-state index in [0.29, 0.717) is 25.4 Å². The number of ether oxygens (including phenoxy) is 2. The van der Waals surface area contributed by atoms with Crippen LogP contribution in [0.1, 0.15) is 29.8 Å². The topological polar surface area (TPSA) is 118 Å². The standard InChI is InChI=1S/C17H20N4O3.C2HF3O2/c22-16(15-3-7-19-20-15)21-8-4-17(5-9-21)10-14(12-23-17)24-13-2-1-6-18-11-13;3-2(4,5)1(6)7/h1-3,6-7,11,14H,4-5,8-10,12H2,(H,19,20);(H,6,7). The number of likely N-dealkylation sites (tertiary alicyclic amines) is 1. The lowest BCUT2D eigenvalue weighted by molar-refractivity contribution is -0.192. The molecule has 0 radical (unpaired) electrons. The molecule has 2 aromatic rings. The largest absolute Gasteiger partial charge is 0.490 e. The molecule has 12 heteroatoms. The van der Waals surface area contributed by atoms with Crippen LogP contribution in [0.3, 0.4) is 0 Å². The molecule has 2 aromatic heterocycles. The fraction of sp³-hybridized carbons (Fsp3) is 0.474. The summed E-state index contributed by atoms with van der Waals surface area (Å²) in [5.74, 6) is -1.98. The van der Waals surface area contributed by atoms with Crippen LogP contribution in [0.25, 0.3) is 0 Å². The smallest absolute Gasteiger partial charge is 0.486 e. The summed E-state index contributed by atoms with van der Waals surface area (Å²) < 4.78 is 43.8. The molecule has 168 valence electrons. The van der Waals surface area contributed by atoms with Crippen molar-refractivity contribution in [2.75, 3.05) is 19.7 Å². The van der Waals surface area contributed by atoms with E-state index in [4.69, 9.17) is 19.4 Å². The van der Waals surface area contributed by atoms with E-state index in [2.05, 4.69) is 15.2 Å². The number of rotatable bonds is 3. The van der Waals surface area contributed by atoms with Crippen LogP contribution in [-0.2, 0) is 9.53 Å². The number of amides is 1. The lowest BCUT2D eigenvalue weighted by Crippen LogP contribution is -2.46. The van der Waals surface area contributed by atoms with Crippen molar-refractivity contribution in [3.8, 4) is 5.75 Å². The normalized spacial score (nSPS) is 20.1. The van der Waals surface area contributed by atoms with Gasteiger partial charge < -0.3 is 19.5 Å². The Labute approximate surface area is 175 Å². The molecule has 0 aromatic carbocycles. The third kappa shape index (κ3) is 5.94. The number of pyridine rings is 1. The molecule has 1 spiro atoms. The Balaban J connectivity index is 0.000000339. The number of nitrogens with one attached hydrogen (secondary N) is 1. The van der Waals surface area contributed by atoms with E-state index in [1.165, 1.54) is 0 Å². The highest BCUT2D eigenvalue weighted by atomic mass is 19.4. The second kappa shape index (κ2) is 9.33. The number of aromatic nitrogens is 3. The number of carbonyl (C=O) groups is 2. The van der Waals surface area contributed by atoms with Crippen molar-refractivity contribution in [3.05, 3.63) is 42.5 Å². The molecule has 1 atom stereocenters. The SMILES string of the molecule is O=C(O)C(F)(F)F.O=C(c1ccn[nH]1)N1CCC2(CC1)CC(Oc1cccnc1)CO2. The first-order valence-corrected chi connectivity index (χ1v) is 9.48. The molecule has 2 fully saturated rings. The number of carboxylic acid groups (broad SMARTS) is 1. The summed E-state index contributed by atoms with van der Waals surface area (Å²) in [6, 6.07) is 5.47. The van der Waals surface area contributed by atoms with Crippen molar-refractivity contribution in [3.63, 3.8) is 0 Å². The summed E-state index contributed by atoms with van der Waals surface area (Å²) in [4.78, 5) is 27.2. The minimum Gasteiger partial charge on any atom is -0.486 e. The Morgan fingerprint density at radius 1 is 1.26 bits per heavy atom. The van der Waals surface area contributed by atoms with E-state index < -0.39 is 12.1 Å². The number of hydrogen-bond acceptors (Lipinski definition) is 6. The predicted octanol–water partition coefficient (Wildman–Crippen LogP) is 2.28. The zero-order valence-corrected chi connectivity index (χ0v) is 16.3. The van der Waals surface area contributed by atoms with Crippen molar-refractivity contribution >= 4 is 11.9 Å². The molecular formula is C19H21F3N4O5. The van der Waals surface area contributed by atoms with E-state index in [0.717, 1.165) is 25.0 Å². The maximum Gasteiger partial charge on any atom is 0.490 e. The molecule has 2 aliphatic heterocycles. The highest BCUT2D eigenvalue weighted by Gasteiger charge is 2.44. The minimum absolute atomic E-state index is 0.00325. The van der Waals surface area contributed by atoms with E-state index in [9.17, 15) is 18.0 Å². The van der Waals surface area contributed by atoms with Crippen molar-refractivity contribution in [2.24, 2.45) is 0 Å². The van der Waals surface area contributed by atoms with Crippen LogP contribution in [0.2, 0.25) is 0 Å². The van der Waals surface area contributed by atoms with Crippen LogP contribution in [0.5, 0.6) is 5.75 Å². The predicted molar refractivity (Wildman–Crippen MR) is 99.4 cm³/mol. The van der Waals surface area contributed by atoms with Gasteiger partial charge in [-0.2, -0.15) is 18.3 Å². The van der Waals surface area contributed by atoms with Crippen molar-refractivity contribution in [2.45, 2.75) is 37.1 Å². The number of halogens is 3. The number of H-pyrrole nitrogens is 1. The van der Waals surface area contributed by atoms with E-state index in [-0.39, 0.29) is 17.6 Å². The highest BCUT2D eigenvalue weighted by Crippen LogP contribution is 2.37. The third-order valence-corrected chi connectivity index (χ3v) is 5.05. The number of nitrogens with zero attached hydrogens (tertiary/aromatic N) is 3. The second-order valence-electron chi connectivity index (χ2n) is 7.19. The first-order chi connectivity index (χ1) is 14.7. The van der Waals surface area contributed by atoms with Crippen LogP contribution in [0.4, 0.5) is 13.2 Å². The van der Waals surface area contributed by atoms with Gasteiger partial charge in [0.15, 0.2) is 0 Å². The molecule has 2 saturated heterocycles. The quantitative estimate of drug-likeness (QED) is 0.749. The Hall–Kier alpha value is -3.15. The third-order valence-electron chi connectivity index (χ3n) is 5.05. The average molecular weight is 442 g/mol. The molecule has 31 heavy (non-hydrogen) atoms. The Kier molecular flexibility index (Phi) is 6.78. The van der Waals surface area contributed by atoms with Crippen molar-refractivity contribution in [1.29, 1.82) is 0 Å². The van der Waals surface area contributed by atoms with Gasteiger partial charge >= 0.3 is 12.1 Å². The molecule has 1 amide bonds. The maximum absolute atomic E-state index is 12.4. The number of carboxylic acids is 1. The van der Waals surface area contributed by atoms with E-state index in [1.54, 1.807) is 24.7 Å². The van der Waals surface area contributed by atoms with Crippen LogP contribution in [0.15, 0.2) is 36.8 Å². The average Bonchev–Trinajstić information content (AvgIpc) is 3.40. The number of carbonyl (C=O) groups excluding carboxylic acids is 1. The van der Waals surface area contributed by atoms with Gasteiger partial charge in [0.25, 0.3) is 5.91 Å². The number of piperidine rings is 1. The number of alkyl halides is 3. The van der Waals surface area contributed by atoms with E-state index >= 15 is 0 Å². The first-order valence-electron chi connectivity index (χ1n) is 9.48. The Morgan fingerprint density at radius 3 is 2.52 bits per heavy atom. The summed E-state index contributed by atoms with van der Waals surface area (Å²) in [5, 5.41) is 13.7. The van der Waals surface area contributed by atoms with E-state index in [1.807, 2.05) is 17.0 Å². The molecule has 0 saturated carbocycles. The molecule has 4 heterocycles. The summed E-state index contributed by atoms with van der Waals surface area (Å²) in [6.45, 7) is 1.97. The molecule has 0 bridgehead atoms. The van der Waals surface area contributed by atoms with Gasteiger partial charge in [0.2, 0.25) is 0 Å². The molecule has 9 nitrogen and oxygen atoms in total. The Bertz CT molecular complexity index is 868. The van der Waals surface area contributed by atoms with Crippen molar-refractivity contribution < 1.29 is 37.3 Å². The fourth-order valence-corrected chi connectivity index (χ4v) is 3.50. The van der Waals surface area contributed by atoms with Crippen molar-refractivity contribution in [1.82, 2.24) is 20.1 Å². The molecule has 2 aliphatic rings. The molecule has 2 N–H and O–H groups in total. The molecular weight excluding hydrogens is 421 g/mol. The lowest BCUT2D eigenvalue weighted by atomic mass is 9.88. The second-order valence-corrected chi connectivity index (χ2v) is 7.19. The van der Waals surface area contributed by atoms with Crippen LogP contribution >= 0.6 is 0 Å². The lowest BCUT2D eigenvalue weighted by Gasteiger charge is -2.38. The van der Waals surface area contributed by atoms with Gasteiger partial charge in [0, 0.05) is 31.9 Å². The van der Waals surface area contributed by atoms with Crippen LogP contribution in [0, 0.1) is 0 Å². The van der Waals surface area contributed by atoms with Gasteiger partial charge in [0.1, 0.15) is 17.5 Å². The maximum atomic E-state index is 12.4. The monoisotopic (exact) mass is 442 g/mol. The molecule has 4 rings (SSSR count). The molecule has 0 aliphatic carbocycles. The zero-order chi connectivity index (χ0) is 22.5. The Morgan fingerprint density at radius 2 is 1.97 bits per heavy atom. The highest BCUT2D eigenvalue weighted by molar-refractivity contribution is 5.92. The van der Waals surface area contributed by atoms with Gasteiger partial charge in [-0.25, -0.2) is 4.79 Å². The summed E-state index contributed by atoms with van der Waals surface area (Å²) >= 11 is 0. The minimum atomic E-state index is -5.08. The fourth-order valence-electron chi connectivity index (χ4n) is 3.50. The number of hydrogen-bond donors (Lipinski definition) is 2. The number of aliphatic carboxylic acids is 1. The van der Waals surface area contributed by atoms with Gasteiger partial charge in [-0.15, -0.1) is 0 Å². The molecule has 1 unspecified atom stereocenters. The summed E-state index contributed by atoms with van der Waals surface area (Å²) in [6.07, 6.45) is 2.53. The zero-order valence-electron chi connectivity index (χ0n) is 16.3. The van der Waals surface area contributed by atoms with Crippen LogP contribution in [-0.4, -0.2) is 74.6 Å². The first kappa shape index (κ1) is 22.5. The van der Waals surface area contributed by atoms with Crippen LogP contribution < -0.4 is 4.74 Å². The summed E-state index contributed by atoms with van der Waals surface area (Å²) in [7, 11) is 0. The van der Waals surface area contributed by atoms with Gasteiger partial charge in [0.05, 0.1) is 18.4 Å². The van der Waals surface area contributed by atoms with Gasteiger partial charge in [-0.1, -0.05) is 0 Å².